The highest BCUT2D eigenvalue weighted by molar-refractivity contribution is 7.21. The molecular formula is C22H18FN5OS. The number of carbonyl (C=O) groups excluding carboxylic acids is 1. The largest absolute Gasteiger partial charge is 0.366 e. The van der Waals surface area contributed by atoms with E-state index in [1.54, 1.807) is 23.2 Å². The van der Waals surface area contributed by atoms with E-state index in [9.17, 15) is 9.18 Å². The molecule has 4 aromatic rings. The van der Waals surface area contributed by atoms with Gasteiger partial charge in [0.05, 0.1) is 15.9 Å². The van der Waals surface area contributed by atoms with Gasteiger partial charge in [-0.25, -0.2) is 19.3 Å². The molecule has 0 radical (unpaired) electrons. The molecule has 150 valence electrons. The first-order valence-electron chi connectivity index (χ1n) is 9.66. The molecule has 1 amide bonds. The molecule has 1 aliphatic heterocycles. The lowest BCUT2D eigenvalue weighted by Gasteiger charge is -2.36. The topological polar surface area (TPSA) is 62.2 Å². The van der Waals surface area contributed by atoms with Crippen LogP contribution in [0.1, 0.15) is 10.5 Å². The van der Waals surface area contributed by atoms with Crippen LogP contribution < -0.4 is 4.90 Å². The quantitative estimate of drug-likeness (QED) is 0.505. The molecule has 3 heterocycles. The molecule has 1 saturated heterocycles. The minimum Gasteiger partial charge on any atom is -0.366 e. The molecule has 5 rings (SSSR count). The summed E-state index contributed by atoms with van der Waals surface area (Å²) in [7, 11) is 0. The zero-order valence-electron chi connectivity index (χ0n) is 16.0. The van der Waals surface area contributed by atoms with Gasteiger partial charge in [-0.3, -0.25) is 4.79 Å². The molecule has 0 N–H and O–H groups in total. The van der Waals surface area contributed by atoms with Crippen molar-refractivity contribution in [2.24, 2.45) is 0 Å². The maximum absolute atomic E-state index is 14.1. The number of amides is 1. The van der Waals surface area contributed by atoms with Crippen molar-refractivity contribution in [3.63, 3.8) is 0 Å². The van der Waals surface area contributed by atoms with Crippen LogP contribution in [0.2, 0.25) is 0 Å². The Hall–Kier alpha value is -3.39. The highest BCUT2D eigenvalue weighted by Gasteiger charge is 2.27. The van der Waals surface area contributed by atoms with Crippen LogP contribution in [0.15, 0.2) is 60.9 Å². The fourth-order valence-corrected chi connectivity index (χ4v) is 4.60. The number of hydrogen-bond acceptors (Lipinski definition) is 6. The van der Waals surface area contributed by atoms with E-state index >= 15 is 0 Å². The molecule has 0 saturated carbocycles. The number of anilines is 1. The monoisotopic (exact) mass is 419 g/mol. The summed E-state index contributed by atoms with van der Waals surface area (Å²) in [6.45, 7) is 2.10. The first-order chi connectivity index (χ1) is 14.7. The zero-order chi connectivity index (χ0) is 20.5. The number of carbonyl (C=O) groups is 1. The molecule has 6 nitrogen and oxygen atoms in total. The predicted molar refractivity (Wildman–Crippen MR) is 115 cm³/mol. The molecule has 2 aromatic carbocycles. The number of hydrogen-bond donors (Lipinski definition) is 0. The molecule has 0 bridgehead atoms. The van der Waals surface area contributed by atoms with E-state index in [-0.39, 0.29) is 11.7 Å². The van der Waals surface area contributed by atoms with E-state index in [0.29, 0.717) is 48.3 Å². The van der Waals surface area contributed by atoms with Crippen molar-refractivity contribution in [1.82, 2.24) is 19.9 Å². The van der Waals surface area contributed by atoms with Crippen LogP contribution in [0.4, 0.5) is 10.1 Å². The summed E-state index contributed by atoms with van der Waals surface area (Å²) < 4.78 is 15.1. The molecule has 2 aromatic heterocycles. The van der Waals surface area contributed by atoms with Crippen molar-refractivity contribution in [3.05, 3.63) is 72.4 Å². The Morgan fingerprint density at radius 3 is 2.47 bits per heavy atom. The smallest absolute Gasteiger partial charge is 0.274 e. The summed E-state index contributed by atoms with van der Waals surface area (Å²) in [5.41, 5.74) is 2.25. The highest BCUT2D eigenvalue weighted by atomic mass is 32.1. The van der Waals surface area contributed by atoms with E-state index in [2.05, 4.69) is 15.0 Å². The fourth-order valence-electron chi connectivity index (χ4n) is 3.63. The Balaban J connectivity index is 1.38. The Morgan fingerprint density at radius 2 is 1.67 bits per heavy atom. The van der Waals surface area contributed by atoms with Crippen LogP contribution >= 0.6 is 11.3 Å². The van der Waals surface area contributed by atoms with Crippen LogP contribution in [0.3, 0.4) is 0 Å². The summed E-state index contributed by atoms with van der Waals surface area (Å²) >= 11 is 1.49. The third-order valence-electron chi connectivity index (χ3n) is 5.16. The van der Waals surface area contributed by atoms with Crippen molar-refractivity contribution in [2.45, 2.75) is 0 Å². The molecule has 1 aliphatic rings. The maximum atomic E-state index is 14.1. The number of benzene rings is 2. The molecule has 0 spiro atoms. The molecular weight excluding hydrogens is 401 g/mol. The average Bonchev–Trinajstić information content (AvgIpc) is 3.23. The summed E-state index contributed by atoms with van der Waals surface area (Å²) in [4.78, 5) is 30.3. The van der Waals surface area contributed by atoms with E-state index < -0.39 is 0 Å². The predicted octanol–water partition coefficient (Wildman–Crippen LogP) is 3.85. The number of para-hydroxylation sites is 2. The molecule has 8 heteroatoms. The van der Waals surface area contributed by atoms with Gasteiger partial charge in [-0.05, 0) is 24.3 Å². The second kappa shape index (κ2) is 7.79. The Bertz CT molecular complexity index is 1190. The second-order valence-electron chi connectivity index (χ2n) is 6.97. The third kappa shape index (κ3) is 3.39. The van der Waals surface area contributed by atoms with Gasteiger partial charge in [0, 0.05) is 38.6 Å². The van der Waals surface area contributed by atoms with Crippen molar-refractivity contribution < 1.29 is 9.18 Å². The van der Waals surface area contributed by atoms with Gasteiger partial charge in [0.15, 0.2) is 5.69 Å². The van der Waals surface area contributed by atoms with Crippen LogP contribution in [-0.2, 0) is 0 Å². The van der Waals surface area contributed by atoms with Crippen LogP contribution in [0, 0.1) is 5.82 Å². The van der Waals surface area contributed by atoms with Crippen LogP contribution in [-0.4, -0.2) is 51.9 Å². The molecule has 0 aliphatic carbocycles. The van der Waals surface area contributed by atoms with Crippen molar-refractivity contribution in [2.75, 3.05) is 31.1 Å². The molecule has 1 fully saturated rings. The Morgan fingerprint density at radius 1 is 0.933 bits per heavy atom. The average molecular weight is 419 g/mol. The molecule has 0 atom stereocenters. The van der Waals surface area contributed by atoms with Gasteiger partial charge in [-0.2, -0.15) is 0 Å². The van der Waals surface area contributed by atoms with Gasteiger partial charge in [0.2, 0.25) is 0 Å². The SMILES string of the molecule is O=C(c1nccnc1-c1nc2ccccc2s1)N1CCN(c2ccccc2F)CC1. The van der Waals surface area contributed by atoms with E-state index in [1.165, 1.54) is 23.6 Å². The number of fused-ring (bicyclic) bond motifs is 1. The normalized spacial score (nSPS) is 14.3. The standard InChI is InChI=1S/C22H18FN5OS/c23-15-5-1-3-7-17(15)27-11-13-28(14-12-27)22(29)20-19(24-9-10-25-20)21-26-16-6-2-4-8-18(16)30-21/h1-10H,11-14H2. The third-order valence-corrected chi connectivity index (χ3v) is 6.20. The summed E-state index contributed by atoms with van der Waals surface area (Å²) in [6, 6.07) is 14.5. The lowest BCUT2D eigenvalue weighted by molar-refractivity contribution is 0.0741. The fraction of sp³-hybridized carbons (Fsp3) is 0.182. The number of aromatic nitrogens is 3. The Labute approximate surface area is 176 Å². The van der Waals surface area contributed by atoms with Gasteiger partial charge in [0.1, 0.15) is 16.5 Å². The lowest BCUT2D eigenvalue weighted by Crippen LogP contribution is -2.49. The van der Waals surface area contributed by atoms with E-state index in [0.717, 1.165) is 10.2 Å². The summed E-state index contributed by atoms with van der Waals surface area (Å²) in [5, 5.41) is 0.678. The van der Waals surface area contributed by atoms with Crippen molar-refractivity contribution in [1.29, 1.82) is 0 Å². The number of thiazole rings is 1. The van der Waals surface area contributed by atoms with Crippen LogP contribution in [0.5, 0.6) is 0 Å². The van der Waals surface area contributed by atoms with Crippen molar-refractivity contribution in [3.8, 4) is 10.7 Å². The van der Waals surface area contributed by atoms with Crippen molar-refractivity contribution >= 4 is 33.1 Å². The Kier molecular flexibility index (Phi) is 4.84. The lowest BCUT2D eigenvalue weighted by atomic mass is 10.2. The first-order valence-corrected chi connectivity index (χ1v) is 10.5. The maximum Gasteiger partial charge on any atom is 0.274 e. The highest BCUT2D eigenvalue weighted by Crippen LogP contribution is 2.30. The zero-order valence-corrected chi connectivity index (χ0v) is 16.8. The minimum atomic E-state index is -0.246. The van der Waals surface area contributed by atoms with E-state index in [1.807, 2.05) is 35.2 Å². The molecule has 30 heavy (non-hydrogen) atoms. The molecule has 0 unspecified atom stereocenters. The van der Waals surface area contributed by atoms with Gasteiger partial charge < -0.3 is 9.80 Å². The first kappa shape index (κ1) is 18.6. The van der Waals surface area contributed by atoms with Crippen LogP contribution in [0.25, 0.3) is 20.9 Å². The van der Waals surface area contributed by atoms with Gasteiger partial charge >= 0.3 is 0 Å². The number of rotatable bonds is 3. The second-order valence-corrected chi connectivity index (χ2v) is 8.00. The minimum absolute atomic E-state index is 0.175. The van der Waals surface area contributed by atoms with Gasteiger partial charge in [0.25, 0.3) is 5.91 Å². The van der Waals surface area contributed by atoms with Gasteiger partial charge in [-0.15, -0.1) is 11.3 Å². The summed E-state index contributed by atoms with van der Waals surface area (Å²) in [5.74, 6) is -0.421. The van der Waals surface area contributed by atoms with Gasteiger partial charge in [-0.1, -0.05) is 24.3 Å². The van der Waals surface area contributed by atoms with E-state index in [4.69, 9.17) is 0 Å². The number of piperazine rings is 1. The number of halogens is 1. The summed E-state index contributed by atoms with van der Waals surface area (Å²) in [6.07, 6.45) is 3.11. The number of nitrogens with zero attached hydrogens (tertiary/aromatic N) is 5.